The molecule has 0 atom stereocenters. The predicted molar refractivity (Wildman–Crippen MR) is 57.9 cm³/mol. The maximum Gasteiger partial charge on any atom is 0.255 e. The molecule has 0 aromatic heterocycles. The van der Waals surface area contributed by atoms with Crippen molar-refractivity contribution in [3.05, 3.63) is 34.6 Å². The molecule has 1 amide bonds. The van der Waals surface area contributed by atoms with Crippen LogP contribution in [0.15, 0.2) is 18.2 Å². The Morgan fingerprint density at radius 3 is 2.69 bits per heavy atom. The highest BCUT2D eigenvalue weighted by atomic mass is 35.5. The highest BCUT2D eigenvalue weighted by Gasteiger charge is 2.40. The van der Waals surface area contributed by atoms with Crippen LogP contribution in [0.4, 0.5) is 4.39 Å². The van der Waals surface area contributed by atoms with Gasteiger partial charge in [0.15, 0.2) is 0 Å². The molecule has 86 valence electrons. The van der Waals surface area contributed by atoms with E-state index in [1.807, 2.05) is 0 Å². The fourth-order valence-corrected chi connectivity index (χ4v) is 2.00. The summed E-state index contributed by atoms with van der Waals surface area (Å²) in [5.74, 6) is -0.756. The van der Waals surface area contributed by atoms with Crippen LogP contribution in [0.1, 0.15) is 17.3 Å². The highest BCUT2D eigenvalue weighted by Crippen LogP contribution is 2.25. The fraction of sp³-hybridized carbons (Fsp3) is 0.364. The minimum Gasteiger partial charge on any atom is -0.386 e. The van der Waals surface area contributed by atoms with Gasteiger partial charge in [0, 0.05) is 0 Å². The van der Waals surface area contributed by atoms with Gasteiger partial charge < -0.3 is 10.0 Å². The summed E-state index contributed by atoms with van der Waals surface area (Å²) in [7, 11) is 0. The summed E-state index contributed by atoms with van der Waals surface area (Å²) >= 11 is 5.77. The molecule has 0 radical (unpaired) electrons. The molecule has 16 heavy (non-hydrogen) atoms. The van der Waals surface area contributed by atoms with Crippen LogP contribution in [0.3, 0.4) is 0 Å². The first-order valence-corrected chi connectivity index (χ1v) is 5.23. The number of carbonyl (C=O) groups excluding carboxylic acids is 1. The van der Waals surface area contributed by atoms with Crippen LogP contribution in [0, 0.1) is 5.82 Å². The first kappa shape index (κ1) is 11.4. The highest BCUT2D eigenvalue weighted by molar-refractivity contribution is 6.33. The van der Waals surface area contributed by atoms with Gasteiger partial charge in [-0.05, 0) is 25.1 Å². The van der Waals surface area contributed by atoms with E-state index in [4.69, 9.17) is 11.6 Å². The van der Waals surface area contributed by atoms with Crippen molar-refractivity contribution >= 4 is 17.5 Å². The molecule has 0 saturated carbocycles. The number of halogens is 2. The van der Waals surface area contributed by atoms with Gasteiger partial charge in [0.1, 0.15) is 5.82 Å². The summed E-state index contributed by atoms with van der Waals surface area (Å²) in [6.07, 6.45) is 0. The number of likely N-dealkylation sites (tertiary alicyclic amines) is 1. The molecule has 0 spiro atoms. The van der Waals surface area contributed by atoms with Crippen LogP contribution in [0.25, 0.3) is 0 Å². The molecule has 5 heteroatoms. The Balaban J connectivity index is 2.16. The predicted octanol–water partition coefficient (Wildman–Crippen LogP) is 1.69. The van der Waals surface area contributed by atoms with Gasteiger partial charge in [0.25, 0.3) is 5.91 Å². The second kappa shape index (κ2) is 3.71. The minimum atomic E-state index is -0.817. The molecular weight excluding hydrogens is 233 g/mol. The van der Waals surface area contributed by atoms with Crippen LogP contribution >= 0.6 is 11.6 Å². The molecule has 1 aliphatic heterocycles. The van der Waals surface area contributed by atoms with Crippen LogP contribution in [-0.4, -0.2) is 34.6 Å². The van der Waals surface area contributed by atoms with Crippen molar-refractivity contribution in [2.24, 2.45) is 0 Å². The molecule has 0 aliphatic carbocycles. The Kier molecular flexibility index (Phi) is 2.64. The first-order valence-electron chi connectivity index (χ1n) is 4.86. The van der Waals surface area contributed by atoms with Crippen LogP contribution in [0.5, 0.6) is 0 Å². The zero-order valence-electron chi connectivity index (χ0n) is 8.70. The number of benzene rings is 1. The largest absolute Gasteiger partial charge is 0.386 e. The summed E-state index contributed by atoms with van der Waals surface area (Å²) in [5, 5.41) is 9.60. The summed E-state index contributed by atoms with van der Waals surface area (Å²) in [4.78, 5) is 13.3. The molecule has 1 aliphatic rings. The lowest BCUT2D eigenvalue weighted by Crippen LogP contribution is -2.61. The van der Waals surface area contributed by atoms with Crippen molar-refractivity contribution < 1.29 is 14.3 Å². The molecule has 1 heterocycles. The molecule has 1 aromatic rings. The Hall–Kier alpha value is -1.13. The van der Waals surface area contributed by atoms with Crippen LogP contribution in [0.2, 0.25) is 5.02 Å². The Bertz CT molecular complexity index is 440. The quantitative estimate of drug-likeness (QED) is 0.815. The lowest BCUT2D eigenvalue weighted by Gasteiger charge is -2.44. The Morgan fingerprint density at radius 2 is 2.19 bits per heavy atom. The number of hydrogen-bond donors (Lipinski definition) is 1. The van der Waals surface area contributed by atoms with Gasteiger partial charge in [0.2, 0.25) is 0 Å². The lowest BCUT2D eigenvalue weighted by atomic mass is 9.96. The van der Waals surface area contributed by atoms with E-state index in [-0.39, 0.29) is 29.6 Å². The van der Waals surface area contributed by atoms with E-state index in [9.17, 15) is 14.3 Å². The number of amides is 1. The zero-order chi connectivity index (χ0) is 11.9. The van der Waals surface area contributed by atoms with Gasteiger partial charge in [-0.1, -0.05) is 11.6 Å². The maximum absolute atomic E-state index is 12.8. The van der Waals surface area contributed by atoms with Crippen molar-refractivity contribution in [1.82, 2.24) is 4.90 Å². The third-order valence-corrected chi connectivity index (χ3v) is 2.82. The number of rotatable bonds is 1. The van der Waals surface area contributed by atoms with E-state index in [1.165, 1.54) is 17.0 Å². The van der Waals surface area contributed by atoms with E-state index in [0.717, 1.165) is 6.07 Å². The van der Waals surface area contributed by atoms with E-state index < -0.39 is 11.4 Å². The molecule has 0 unspecified atom stereocenters. The number of β-amino-alcohol motifs (C(OH)–C–C–N with tert-alkyl or cyclic N) is 1. The van der Waals surface area contributed by atoms with Crippen molar-refractivity contribution in [2.45, 2.75) is 12.5 Å². The van der Waals surface area contributed by atoms with Crippen LogP contribution in [-0.2, 0) is 0 Å². The van der Waals surface area contributed by atoms with Crippen LogP contribution < -0.4 is 0 Å². The minimum absolute atomic E-state index is 0.0940. The Labute approximate surface area is 97.4 Å². The SMILES string of the molecule is CC1(O)CN(C(=O)c2ccc(F)cc2Cl)C1. The molecule has 1 saturated heterocycles. The van der Waals surface area contributed by atoms with E-state index >= 15 is 0 Å². The molecule has 1 N–H and O–H groups in total. The standard InChI is InChI=1S/C11H11ClFNO2/c1-11(16)5-14(6-11)10(15)8-3-2-7(13)4-9(8)12/h2-4,16H,5-6H2,1H3. The van der Waals surface area contributed by atoms with Crippen molar-refractivity contribution in [3.63, 3.8) is 0 Å². The molecule has 1 fully saturated rings. The van der Waals surface area contributed by atoms with Gasteiger partial charge in [-0.25, -0.2) is 4.39 Å². The molecule has 2 rings (SSSR count). The summed E-state index contributed by atoms with van der Waals surface area (Å²) < 4.78 is 12.8. The average molecular weight is 244 g/mol. The molecule has 1 aromatic carbocycles. The number of carbonyl (C=O) groups is 1. The van der Waals surface area contributed by atoms with Gasteiger partial charge >= 0.3 is 0 Å². The zero-order valence-corrected chi connectivity index (χ0v) is 9.46. The smallest absolute Gasteiger partial charge is 0.255 e. The van der Waals surface area contributed by atoms with Gasteiger partial charge in [0.05, 0.1) is 29.3 Å². The monoisotopic (exact) mass is 243 g/mol. The summed E-state index contributed by atoms with van der Waals surface area (Å²) in [5.41, 5.74) is -0.555. The Morgan fingerprint density at radius 1 is 1.56 bits per heavy atom. The molecule has 0 bridgehead atoms. The number of hydrogen-bond acceptors (Lipinski definition) is 2. The third kappa shape index (κ3) is 2.03. The van der Waals surface area contributed by atoms with Crippen molar-refractivity contribution in [2.75, 3.05) is 13.1 Å². The maximum atomic E-state index is 12.8. The number of aliphatic hydroxyl groups is 1. The normalized spacial score (nSPS) is 18.1. The van der Waals surface area contributed by atoms with Gasteiger partial charge in [-0.15, -0.1) is 0 Å². The van der Waals surface area contributed by atoms with Crippen molar-refractivity contribution in [1.29, 1.82) is 0 Å². The van der Waals surface area contributed by atoms with E-state index in [0.29, 0.717) is 0 Å². The first-order chi connectivity index (χ1) is 7.39. The summed E-state index contributed by atoms with van der Waals surface area (Å²) in [6, 6.07) is 3.65. The number of nitrogens with zero attached hydrogens (tertiary/aromatic N) is 1. The summed E-state index contributed by atoms with van der Waals surface area (Å²) in [6.45, 7) is 2.21. The van der Waals surface area contributed by atoms with E-state index in [1.54, 1.807) is 6.92 Å². The topological polar surface area (TPSA) is 40.5 Å². The second-order valence-corrected chi connectivity index (χ2v) is 4.69. The van der Waals surface area contributed by atoms with Gasteiger partial charge in [-0.3, -0.25) is 4.79 Å². The second-order valence-electron chi connectivity index (χ2n) is 4.28. The lowest BCUT2D eigenvalue weighted by molar-refractivity contribution is -0.0668. The third-order valence-electron chi connectivity index (χ3n) is 2.51. The fourth-order valence-electron chi connectivity index (χ4n) is 1.75. The molecular formula is C11H11ClFNO2. The molecule has 3 nitrogen and oxygen atoms in total. The van der Waals surface area contributed by atoms with E-state index in [2.05, 4.69) is 0 Å². The average Bonchev–Trinajstić information content (AvgIpc) is 2.13. The van der Waals surface area contributed by atoms with Crippen molar-refractivity contribution in [3.8, 4) is 0 Å². The van der Waals surface area contributed by atoms with Gasteiger partial charge in [-0.2, -0.15) is 0 Å².